The number of alkyl halides is 3. The predicted molar refractivity (Wildman–Crippen MR) is 89.8 cm³/mol. The van der Waals surface area contributed by atoms with Gasteiger partial charge in [-0.25, -0.2) is 4.79 Å². The standard InChI is InChI=1S/C16H16F3N3O3.CH2O2/c17-16(18,19)25-10-1-2-11-12(7-10)20-21-14(11)15(23)24-13-8-22-5-3-9(13)4-6-22;2-1-3/h1-2,7,9,13H,3-6,8H2,(H,20,21);1H,(H,2,3)/t13-;/m1./s1. The fourth-order valence-corrected chi connectivity index (χ4v) is 3.59. The van der Waals surface area contributed by atoms with E-state index in [4.69, 9.17) is 14.6 Å². The van der Waals surface area contributed by atoms with Crippen LogP contribution in [0.4, 0.5) is 13.2 Å². The van der Waals surface area contributed by atoms with Crippen LogP contribution in [0.3, 0.4) is 0 Å². The molecular formula is C17H18F3N3O5. The predicted octanol–water partition coefficient (Wildman–Crippen LogP) is 2.41. The van der Waals surface area contributed by atoms with E-state index in [1.165, 1.54) is 6.07 Å². The number of esters is 1. The van der Waals surface area contributed by atoms with E-state index in [1.807, 2.05) is 0 Å². The molecule has 0 radical (unpaired) electrons. The molecule has 3 aliphatic heterocycles. The monoisotopic (exact) mass is 401 g/mol. The van der Waals surface area contributed by atoms with Gasteiger partial charge in [-0.15, -0.1) is 13.2 Å². The molecule has 4 heterocycles. The molecule has 1 atom stereocenters. The molecule has 0 spiro atoms. The molecule has 1 aromatic heterocycles. The smallest absolute Gasteiger partial charge is 0.483 e. The van der Waals surface area contributed by atoms with Crippen molar-refractivity contribution in [3.8, 4) is 5.75 Å². The Balaban J connectivity index is 0.000000706. The van der Waals surface area contributed by atoms with Crippen LogP contribution in [0.25, 0.3) is 10.9 Å². The van der Waals surface area contributed by atoms with E-state index in [2.05, 4.69) is 19.8 Å². The Labute approximate surface area is 157 Å². The van der Waals surface area contributed by atoms with E-state index < -0.39 is 12.3 Å². The van der Waals surface area contributed by atoms with Gasteiger partial charge in [0.25, 0.3) is 6.47 Å². The highest BCUT2D eigenvalue weighted by molar-refractivity contribution is 6.02. The summed E-state index contributed by atoms with van der Waals surface area (Å²) in [5.74, 6) is -0.568. The van der Waals surface area contributed by atoms with Crippen LogP contribution in [0.2, 0.25) is 0 Å². The molecule has 0 aliphatic carbocycles. The Hall–Kier alpha value is -2.82. The first kappa shape index (κ1) is 19.9. The molecule has 1 aromatic carbocycles. The van der Waals surface area contributed by atoms with Crippen LogP contribution in [-0.2, 0) is 9.53 Å². The molecule has 0 amide bonds. The third-order valence-corrected chi connectivity index (χ3v) is 4.82. The minimum atomic E-state index is -4.77. The molecule has 8 nitrogen and oxygen atoms in total. The molecule has 3 aliphatic rings. The second kappa shape index (κ2) is 8.05. The van der Waals surface area contributed by atoms with Crippen LogP contribution in [0.1, 0.15) is 23.3 Å². The molecule has 0 saturated carbocycles. The van der Waals surface area contributed by atoms with Gasteiger partial charge in [-0.1, -0.05) is 0 Å². The summed E-state index contributed by atoms with van der Waals surface area (Å²) in [5.41, 5.74) is 0.354. The third-order valence-electron chi connectivity index (χ3n) is 4.82. The van der Waals surface area contributed by atoms with Crippen molar-refractivity contribution >= 4 is 23.3 Å². The van der Waals surface area contributed by atoms with Crippen molar-refractivity contribution in [2.75, 3.05) is 19.6 Å². The Bertz CT molecular complexity index is 846. The van der Waals surface area contributed by atoms with Gasteiger partial charge >= 0.3 is 12.3 Å². The van der Waals surface area contributed by atoms with Crippen LogP contribution in [0, 0.1) is 5.92 Å². The number of rotatable bonds is 3. The summed E-state index contributed by atoms with van der Waals surface area (Å²) in [6.07, 6.45) is -2.91. The van der Waals surface area contributed by atoms with Gasteiger partial charge in [-0.3, -0.25) is 14.8 Å². The van der Waals surface area contributed by atoms with Crippen molar-refractivity contribution in [3.63, 3.8) is 0 Å². The summed E-state index contributed by atoms with van der Waals surface area (Å²) in [5, 5.41) is 13.8. The number of halogens is 3. The summed E-state index contributed by atoms with van der Waals surface area (Å²) in [6, 6.07) is 3.67. The number of piperidine rings is 3. The molecule has 2 bridgehead atoms. The molecular weight excluding hydrogens is 383 g/mol. The van der Waals surface area contributed by atoms with Crippen LogP contribution in [0.15, 0.2) is 18.2 Å². The number of nitrogens with zero attached hydrogens (tertiary/aromatic N) is 2. The molecule has 5 rings (SSSR count). The lowest BCUT2D eigenvalue weighted by Gasteiger charge is -2.43. The zero-order valence-electron chi connectivity index (χ0n) is 14.6. The number of carbonyl (C=O) groups excluding carboxylic acids is 1. The summed E-state index contributed by atoms with van der Waals surface area (Å²) in [6.45, 7) is 2.54. The van der Waals surface area contributed by atoms with Gasteiger partial charge in [0.15, 0.2) is 5.69 Å². The summed E-state index contributed by atoms with van der Waals surface area (Å²) in [7, 11) is 0. The van der Waals surface area contributed by atoms with E-state index >= 15 is 0 Å². The number of benzene rings is 1. The first-order valence-corrected chi connectivity index (χ1v) is 8.56. The van der Waals surface area contributed by atoms with Crippen molar-refractivity contribution < 1.29 is 37.3 Å². The zero-order valence-corrected chi connectivity index (χ0v) is 14.6. The molecule has 0 unspecified atom stereocenters. The number of carbonyl (C=O) groups is 2. The van der Waals surface area contributed by atoms with Crippen LogP contribution in [-0.4, -0.2) is 64.7 Å². The molecule has 3 fully saturated rings. The second-order valence-corrected chi connectivity index (χ2v) is 6.51. The highest BCUT2D eigenvalue weighted by Gasteiger charge is 2.37. The number of hydrogen-bond acceptors (Lipinski definition) is 6. The maximum atomic E-state index is 12.4. The average Bonchev–Trinajstić information content (AvgIpc) is 3.05. The van der Waals surface area contributed by atoms with Crippen molar-refractivity contribution in [1.82, 2.24) is 15.1 Å². The Morgan fingerprint density at radius 2 is 2.00 bits per heavy atom. The first-order valence-electron chi connectivity index (χ1n) is 8.56. The number of aromatic amines is 1. The fraction of sp³-hybridized carbons (Fsp3) is 0.471. The van der Waals surface area contributed by atoms with Crippen LogP contribution in [0.5, 0.6) is 5.75 Å². The lowest BCUT2D eigenvalue weighted by atomic mass is 9.86. The van der Waals surface area contributed by atoms with Gasteiger partial charge in [-0.2, -0.15) is 5.10 Å². The largest absolute Gasteiger partial charge is 0.573 e. The SMILES string of the molecule is O=C(O[C@@H]1CN2CCC1CC2)c1n[nH]c2cc(OC(F)(F)F)ccc12.O=CO. The fourth-order valence-electron chi connectivity index (χ4n) is 3.59. The van der Waals surface area contributed by atoms with Crippen molar-refractivity contribution in [3.05, 3.63) is 23.9 Å². The molecule has 152 valence electrons. The van der Waals surface area contributed by atoms with E-state index in [0.717, 1.165) is 44.6 Å². The van der Waals surface area contributed by atoms with Crippen molar-refractivity contribution in [2.45, 2.75) is 25.3 Å². The lowest BCUT2D eigenvalue weighted by Crippen LogP contribution is -2.51. The number of fused-ring (bicyclic) bond motifs is 4. The number of carboxylic acid groups (broad SMARTS) is 1. The normalized spacial score (nSPS) is 23.6. The summed E-state index contributed by atoms with van der Waals surface area (Å²) in [4.78, 5) is 23.1. The topological polar surface area (TPSA) is 105 Å². The molecule has 3 saturated heterocycles. The van der Waals surface area contributed by atoms with Gasteiger partial charge in [-0.05, 0) is 44.0 Å². The number of hydrogen-bond donors (Lipinski definition) is 2. The van der Waals surface area contributed by atoms with Crippen LogP contribution >= 0.6 is 0 Å². The van der Waals surface area contributed by atoms with Gasteiger partial charge in [0.2, 0.25) is 0 Å². The Morgan fingerprint density at radius 3 is 2.57 bits per heavy atom. The molecule has 2 aromatic rings. The van der Waals surface area contributed by atoms with Crippen molar-refractivity contribution in [2.24, 2.45) is 5.92 Å². The average molecular weight is 401 g/mol. The van der Waals surface area contributed by atoms with Crippen LogP contribution < -0.4 is 4.74 Å². The van der Waals surface area contributed by atoms with Gasteiger partial charge in [0, 0.05) is 18.0 Å². The highest BCUT2D eigenvalue weighted by Crippen LogP contribution is 2.31. The number of aromatic nitrogens is 2. The zero-order chi connectivity index (χ0) is 20.3. The first-order chi connectivity index (χ1) is 13.3. The summed E-state index contributed by atoms with van der Waals surface area (Å²) >= 11 is 0. The molecule has 2 N–H and O–H groups in total. The molecule has 11 heteroatoms. The van der Waals surface area contributed by atoms with E-state index in [1.54, 1.807) is 0 Å². The van der Waals surface area contributed by atoms with Gasteiger partial charge in [0.05, 0.1) is 5.52 Å². The van der Waals surface area contributed by atoms with Gasteiger partial charge < -0.3 is 14.6 Å². The number of ether oxygens (including phenoxy) is 2. The minimum Gasteiger partial charge on any atom is -0.483 e. The van der Waals surface area contributed by atoms with Gasteiger partial charge in [0.1, 0.15) is 11.9 Å². The number of nitrogens with one attached hydrogen (secondary N) is 1. The van der Waals surface area contributed by atoms with Crippen molar-refractivity contribution in [1.29, 1.82) is 0 Å². The maximum absolute atomic E-state index is 12.4. The Kier molecular flexibility index (Phi) is 5.73. The minimum absolute atomic E-state index is 0.0741. The quantitative estimate of drug-likeness (QED) is 0.601. The maximum Gasteiger partial charge on any atom is 0.573 e. The van der Waals surface area contributed by atoms with E-state index in [-0.39, 0.29) is 29.5 Å². The summed E-state index contributed by atoms with van der Waals surface area (Å²) < 4.78 is 46.3. The Morgan fingerprint density at radius 1 is 1.32 bits per heavy atom. The lowest BCUT2D eigenvalue weighted by molar-refractivity contribution is -0.274. The van der Waals surface area contributed by atoms with E-state index in [0.29, 0.717) is 11.3 Å². The number of H-pyrrole nitrogens is 1. The highest BCUT2D eigenvalue weighted by atomic mass is 19.4. The van der Waals surface area contributed by atoms with E-state index in [9.17, 15) is 18.0 Å². The molecule has 28 heavy (non-hydrogen) atoms. The third kappa shape index (κ3) is 4.53. The second-order valence-electron chi connectivity index (χ2n) is 6.51.